The first-order chi connectivity index (χ1) is 10.7. The highest BCUT2D eigenvalue weighted by atomic mass is 16.6. The quantitative estimate of drug-likeness (QED) is 0.678. The molecule has 0 atom stereocenters. The SMILES string of the molecule is O=[N+]([O-])c1ccc(N2CCC(CN3CCNCC3)CC2)cc1. The van der Waals surface area contributed by atoms with Crippen LogP contribution in [0.15, 0.2) is 24.3 Å². The van der Waals surface area contributed by atoms with Crippen LogP contribution in [0.2, 0.25) is 0 Å². The second-order valence-electron chi connectivity index (χ2n) is 6.25. The summed E-state index contributed by atoms with van der Waals surface area (Å²) in [5.74, 6) is 0.785. The van der Waals surface area contributed by atoms with E-state index in [-0.39, 0.29) is 10.6 Å². The number of nitro benzene ring substituents is 1. The zero-order chi connectivity index (χ0) is 15.4. The minimum atomic E-state index is -0.344. The smallest absolute Gasteiger partial charge is 0.269 e. The molecule has 0 aromatic heterocycles. The van der Waals surface area contributed by atoms with Crippen molar-refractivity contribution < 1.29 is 4.92 Å². The van der Waals surface area contributed by atoms with Gasteiger partial charge < -0.3 is 15.1 Å². The van der Waals surface area contributed by atoms with E-state index in [1.165, 1.54) is 32.5 Å². The standard InChI is InChI=1S/C16H24N4O2/c21-20(22)16-3-1-15(2-4-16)19-9-5-14(6-10-19)13-18-11-7-17-8-12-18/h1-4,14,17H,5-13H2. The maximum atomic E-state index is 10.7. The first-order valence-electron chi connectivity index (χ1n) is 8.15. The average Bonchev–Trinajstić information content (AvgIpc) is 2.57. The number of anilines is 1. The fraction of sp³-hybridized carbons (Fsp3) is 0.625. The number of piperidine rings is 1. The van der Waals surface area contributed by atoms with E-state index in [0.717, 1.165) is 37.8 Å². The Bertz CT molecular complexity index is 491. The Morgan fingerprint density at radius 2 is 1.73 bits per heavy atom. The van der Waals surface area contributed by atoms with E-state index in [1.807, 2.05) is 12.1 Å². The molecule has 2 heterocycles. The Morgan fingerprint density at radius 3 is 2.32 bits per heavy atom. The van der Waals surface area contributed by atoms with E-state index in [4.69, 9.17) is 0 Å². The number of hydrogen-bond donors (Lipinski definition) is 1. The van der Waals surface area contributed by atoms with Gasteiger partial charge in [0.15, 0.2) is 0 Å². The van der Waals surface area contributed by atoms with Crippen LogP contribution < -0.4 is 10.2 Å². The van der Waals surface area contributed by atoms with Gasteiger partial charge in [-0.1, -0.05) is 0 Å². The number of nitrogens with one attached hydrogen (secondary N) is 1. The Balaban J connectivity index is 1.49. The molecule has 1 aromatic carbocycles. The van der Waals surface area contributed by atoms with Gasteiger partial charge in [-0.3, -0.25) is 10.1 Å². The third-order valence-corrected chi connectivity index (χ3v) is 4.77. The summed E-state index contributed by atoms with van der Waals surface area (Å²) in [5.41, 5.74) is 1.27. The minimum absolute atomic E-state index is 0.164. The van der Waals surface area contributed by atoms with Crippen LogP contribution >= 0.6 is 0 Å². The summed E-state index contributed by atoms with van der Waals surface area (Å²) >= 11 is 0. The van der Waals surface area contributed by atoms with Crippen LogP contribution in [-0.4, -0.2) is 55.6 Å². The second-order valence-corrected chi connectivity index (χ2v) is 6.25. The molecule has 2 fully saturated rings. The molecule has 6 heteroatoms. The van der Waals surface area contributed by atoms with Crippen molar-refractivity contribution >= 4 is 11.4 Å². The Morgan fingerprint density at radius 1 is 1.09 bits per heavy atom. The number of piperazine rings is 1. The van der Waals surface area contributed by atoms with Gasteiger partial charge in [-0.15, -0.1) is 0 Å². The van der Waals surface area contributed by atoms with E-state index in [1.54, 1.807) is 12.1 Å². The highest BCUT2D eigenvalue weighted by Gasteiger charge is 2.22. The largest absolute Gasteiger partial charge is 0.372 e. The van der Waals surface area contributed by atoms with Gasteiger partial charge in [-0.25, -0.2) is 0 Å². The van der Waals surface area contributed by atoms with Crippen molar-refractivity contribution in [1.82, 2.24) is 10.2 Å². The lowest BCUT2D eigenvalue weighted by atomic mass is 9.95. The van der Waals surface area contributed by atoms with Gasteiger partial charge in [-0.2, -0.15) is 0 Å². The normalized spacial score (nSPS) is 21.0. The zero-order valence-electron chi connectivity index (χ0n) is 12.9. The highest BCUT2D eigenvalue weighted by Crippen LogP contribution is 2.25. The molecule has 0 saturated carbocycles. The summed E-state index contributed by atoms with van der Waals surface area (Å²) in [7, 11) is 0. The first-order valence-corrected chi connectivity index (χ1v) is 8.15. The third kappa shape index (κ3) is 3.75. The summed E-state index contributed by atoms with van der Waals surface area (Å²) in [6.07, 6.45) is 2.42. The van der Waals surface area contributed by atoms with Crippen LogP contribution in [0.3, 0.4) is 0 Å². The Labute approximate surface area is 131 Å². The average molecular weight is 304 g/mol. The van der Waals surface area contributed by atoms with Gasteiger partial charge in [0.2, 0.25) is 0 Å². The lowest BCUT2D eigenvalue weighted by molar-refractivity contribution is -0.384. The first kappa shape index (κ1) is 15.2. The Hall–Kier alpha value is -1.66. The van der Waals surface area contributed by atoms with E-state index in [9.17, 15) is 10.1 Å². The molecular formula is C16H24N4O2. The predicted molar refractivity (Wildman–Crippen MR) is 87.3 cm³/mol. The molecule has 2 saturated heterocycles. The lowest BCUT2D eigenvalue weighted by Gasteiger charge is -2.37. The van der Waals surface area contributed by atoms with E-state index in [2.05, 4.69) is 15.1 Å². The summed E-state index contributed by atoms with van der Waals surface area (Å²) < 4.78 is 0. The number of nitro groups is 1. The van der Waals surface area contributed by atoms with Gasteiger partial charge in [0.1, 0.15) is 0 Å². The number of rotatable bonds is 4. The molecule has 120 valence electrons. The Kier molecular flexibility index (Phi) is 4.90. The zero-order valence-corrected chi connectivity index (χ0v) is 12.9. The molecule has 0 aliphatic carbocycles. The number of hydrogen-bond acceptors (Lipinski definition) is 5. The maximum absolute atomic E-state index is 10.7. The summed E-state index contributed by atoms with van der Waals surface area (Å²) in [4.78, 5) is 15.3. The van der Waals surface area contributed by atoms with E-state index in [0.29, 0.717) is 0 Å². The maximum Gasteiger partial charge on any atom is 0.269 e. The number of benzene rings is 1. The van der Waals surface area contributed by atoms with E-state index >= 15 is 0 Å². The molecule has 0 unspecified atom stereocenters. The summed E-state index contributed by atoms with van der Waals surface area (Å²) in [6.45, 7) is 7.88. The van der Waals surface area contributed by atoms with Crippen LogP contribution in [0.25, 0.3) is 0 Å². The molecule has 2 aliphatic rings. The second kappa shape index (κ2) is 7.07. The molecule has 3 rings (SSSR count). The minimum Gasteiger partial charge on any atom is -0.372 e. The van der Waals surface area contributed by atoms with Crippen molar-refractivity contribution in [2.45, 2.75) is 12.8 Å². The van der Waals surface area contributed by atoms with Gasteiger partial charge >= 0.3 is 0 Å². The molecule has 6 nitrogen and oxygen atoms in total. The van der Waals surface area contributed by atoms with Crippen molar-refractivity contribution in [2.75, 3.05) is 50.7 Å². The molecule has 0 radical (unpaired) electrons. The van der Waals surface area contributed by atoms with Crippen LogP contribution in [0, 0.1) is 16.0 Å². The highest BCUT2D eigenvalue weighted by molar-refractivity contribution is 5.51. The third-order valence-electron chi connectivity index (χ3n) is 4.77. The van der Waals surface area contributed by atoms with Gasteiger partial charge in [0.25, 0.3) is 5.69 Å². The van der Waals surface area contributed by atoms with Crippen molar-refractivity contribution in [1.29, 1.82) is 0 Å². The lowest BCUT2D eigenvalue weighted by Crippen LogP contribution is -2.46. The van der Waals surface area contributed by atoms with Crippen LogP contribution in [-0.2, 0) is 0 Å². The molecule has 0 spiro atoms. The molecule has 1 aromatic rings. The summed E-state index contributed by atoms with van der Waals surface area (Å²) in [5, 5.41) is 14.1. The molecule has 0 amide bonds. The van der Waals surface area contributed by atoms with Gasteiger partial charge in [0.05, 0.1) is 4.92 Å². The molecule has 1 N–H and O–H groups in total. The van der Waals surface area contributed by atoms with Crippen molar-refractivity contribution in [3.8, 4) is 0 Å². The summed E-state index contributed by atoms with van der Waals surface area (Å²) in [6, 6.07) is 6.94. The molecule has 0 bridgehead atoms. The molecule has 2 aliphatic heterocycles. The van der Waals surface area contributed by atoms with Crippen molar-refractivity contribution in [2.24, 2.45) is 5.92 Å². The van der Waals surface area contributed by atoms with Gasteiger partial charge in [-0.05, 0) is 30.9 Å². The predicted octanol–water partition coefficient (Wildman–Crippen LogP) is 1.72. The fourth-order valence-electron chi connectivity index (χ4n) is 3.42. The van der Waals surface area contributed by atoms with Crippen LogP contribution in [0.1, 0.15) is 12.8 Å². The van der Waals surface area contributed by atoms with Crippen LogP contribution in [0.5, 0.6) is 0 Å². The van der Waals surface area contributed by atoms with Crippen molar-refractivity contribution in [3.63, 3.8) is 0 Å². The monoisotopic (exact) mass is 304 g/mol. The van der Waals surface area contributed by atoms with Crippen LogP contribution in [0.4, 0.5) is 11.4 Å². The van der Waals surface area contributed by atoms with Gasteiger partial charge in [0, 0.05) is 63.6 Å². The molecule has 22 heavy (non-hydrogen) atoms. The number of non-ortho nitro benzene ring substituents is 1. The topological polar surface area (TPSA) is 61.7 Å². The molecular weight excluding hydrogens is 280 g/mol. The van der Waals surface area contributed by atoms with E-state index < -0.39 is 0 Å². The number of nitrogens with zero attached hydrogens (tertiary/aromatic N) is 3. The van der Waals surface area contributed by atoms with Crippen molar-refractivity contribution in [3.05, 3.63) is 34.4 Å². The fourth-order valence-corrected chi connectivity index (χ4v) is 3.42.